The van der Waals surface area contributed by atoms with Crippen LogP contribution in [0.15, 0.2) is 11.6 Å². The van der Waals surface area contributed by atoms with E-state index in [1.807, 2.05) is 0 Å². The molecule has 0 aromatic rings. The molecular weight excluding hydrogens is 146 g/mol. The van der Waals surface area contributed by atoms with Crippen molar-refractivity contribution >= 4 is 5.71 Å². The van der Waals surface area contributed by atoms with E-state index in [2.05, 4.69) is 19.9 Å². The molecule has 1 nitrogen and oxygen atoms in total. The predicted molar refractivity (Wildman–Crippen MR) is 51.5 cm³/mol. The summed E-state index contributed by atoms with van der Waals surface area (Å²) >= 11 is 0. The summed E-state index contributed by atoms with van der Waals surface area (Å²) < 4.78 is 0. The maximum absolute atomic E-state index is 7.94. The van der Waals surface area contributed by atoms with Crippen LogP contribution in [0.1, 0.15) is 33.1 Å². The van der Waals surface area contributed by atoms with Gasteiger partial charge in [-0.25, -0.2) is 0 Å². The number of nitrogens with one attached hydrogen (secondary N) is 1. The van der Waals surface area contributed by atoms with Gasteiger partial charge in [-0.1, -0.05) is 25.5 Å². The fourth-order valence-electron chi connectivity index (χ4n) is 2.49. The lowest BCUT2D eigenvalue weighted by molar-refractivity contribution is 0.450. The van der Waals surface area contributed by atoms with Crippen LogP contribution < -0.4 is 0 Å². The van der Waals surface area contributed by atoms with E-state index < -0.39 is 0 Å². The molecule has 0 saturated heterocycles. The fraction of sp³-hybridized carbons (Fsp3) is 0.727. The van der Waals surface area contributed by atoms with Crippen molar-refractivity contribution in [2.45, 2.75) is 33.1 Å². The molecule has 1 N–H and O–H groups in total. The van der Waals surface area contributed by atoms with Crippen LogP contribution in [0.4, 0.5) is 0 Å². The molecule has 0 amide bonds. The third-order valence-electron chi connectivity index (χ3n) is 3.23. The lowest BCUT2D eigenvalue weighted by Gasteiger charge is -2.36. The Balaban J connectivity index is 2.19. The number of allylic oxidation sites excluding steroid dienone is 2. The van der Waals surface area contributed by atoms with Gasteiger partial charge in [0, 0.05) is 11.6 Å². The summed E-state index contributed by atoms with van der Waals surface area (Å²) in [6.07, 6.45) is 5.99. The second-order valence-corrected chi connectivity index (χ2v) is 4.50. The third-order valence-corrected chi connectivity index (χ3v) is 3.23. The quantitative estimate of drug-likeness (QED) is 0.531. The average molecular weight is 163 g/mol. The highest BCUT2D eigenvalue weighted by Crippen LogP contribution is 2.40. The highest BCUT2D eigenvalue weighted by Gasteiger charge is 2.32. The SMILES string of the molecule is CC1C=C2CC(C2)C(=N)C(C)C1. The second kappa shape index (κ2) is 2.72. The van der Waals surface area contributed by atoms with Crippen molar-refractivity contribution in [3.63, 3.8) is 0 Å². The zero-order chi connectivity index (χ0) is 8.72. The smallest absolute Gasteiger partial charge is 0.0155 e. The van der Waals surface area contributed by atoms with Crippen molar-refractivity contribution in [2.75, 3.05) is 0 Å². The molecule has 0 aromatic carbocycles. The van der Waals surface area contributed by atoms with Crippen LogP contribution in [0.3, 0.4) is 0 Å². The molecule has 1 fully saturated rings. The van der Waals surface area contributed by atoms with E-state index >= 15 is 0 Å². The van der Waals surface area contributed by atoms with E-state index in [1.54, 1.807) is 5.57 Å². The maximum Gasteiger partial charge on any atom is 0.0155 e. The van der Waals surface area contributed by atoms with Crippen LogP contribution in [0.5, 0.6) is 0 Å². The summed E-state index contributed by atoms with van der Waals surface area (Å²) in [5, 5.41) is 7.94. The molecule has 1 saturated carbocycles. The normalized spacial score (nSPS) is 41.0. The molecule has 0 aromatic heterocycles. The largest absolute Gasteiger partial charge is 0.309 e. The van der Waals surface area contributed by atoms with Crippen molar-refractivity contribution in [2.24, 2.45) is 17.8 Å². The van der Waals surface area contributed by atoms with E-state index in [0.29, 0.717) is 17.8 Å². The van der Waals surface area contributed by atoms with Crippen molar-refractivity contribution in [3.05, 3.63) is 11.6 Å². The molecule has 3 rings (SSSR count). The highest BCUT2D eigenvalue weighted by molar-refractivity contribution is 5.87. The Morgan fingerprint density at radius 1 is 1.33 bits per heavy atom. The summed E-state index contributed by atoms with van der Waals surface area (Å²) in [4.78, 5) is 0. The number of fused-ring (bicyclic) bond motifs is 4. The molecule has 3 aliphatic rings. The van der Waals surface area contributed by atoms with Crippen LogP contribution >= 0.6 is 0 Å². The van der Waals surface area contributed by atoms with E-state index in [4.69, 9.17) is 5.41 Å². The zero-order valence-electron chi connectivity index (χ0n) is 7.93. The standard InChI is InChI=1S/C11H17N/c1-7-3-8(2)11(12)10-5-9(4-7)6-10/h4,7-8,10,12H,3,5-6H2,1-2H3. The van der Waals surface area contributed by atoms with Gasteiger partial charge in [0.1, 0.15) is 0 Å². The molecule has 66 valence electrons. The first-order valence-corrected chi connectivity index (χ1v) is 4.94. The molecule has 2 bridgehead atoms. The van der Waals surface area contributed by atoms with Gasteiger partial charge in [0.25, 0.3) is 0 Å². The van der Waals surface area contributed by atoms with E-state index in [9.17, 15) is 0 Å². The van der Waals surface area contributed by atoms with Gasteiger partial charge in [0.15, 0.2) is 0 Å². The topological polar surface area (TPSA) is 23.9 Å². The molecule has 0 heterocycles. The highest BCUT2D eigenvalue weighted by atomic mass is 14.5. The minimum Gasteiger partial charge on any atom is -0.309 e. The van der Waals surface area contributed by atoms with Crippen LogP contribution in [0.2, 0.25) is 0 Å². The van der Waals surface area contributed by atoms with Crippen molar-refractivity contribution in [3.8, 4) is 0 Å². The van der Waals surface area contributed by atoms with Gasteiger partial charge in [0.2, 0.25) is 0 Å². The van der Waals surface area contributed by atoms with E-state index in [-0.39, 0.29) is 0 Å². The first-order valence-electron chi connectivity index (χ1n) is 4.94. The molecule has 0 radical (unpaired) electrons. The summed E-state index contributed by atoms with van der Waals surface area (Å²) in [5.74, 6) is 1.82. The lowest BCUT2D eigenvalue weighted by atomic mass is 9.69. The zero-order valence-corrected chi connectivity index (χ0v) is 7.93. The van der Waals surface area contributed by atoms with Gasteiger partial charge in [-0.15, -0.1) is 0 Å². The summed E-state index contributed by atoms with van der Waals surface area (Å²) in [6.45, 7) is 4.48. The van der Waals surface area contributed by atoms with Gasteiger partial charge >= 0.3 is 0 Å². The van der Waals surface area contributed by atoms with Gasteiger partial charge in [-0.2, -0.15) is 0 Å². The van der Waals surface area contributed by atoms with Crippen molar-refractivity contribution in [1.82, 2.24) is 0 Å². The van der Waals surface area contributed by atoms with Gasteiger partial charge in [0.05, 0.1) is 0 Å². The Morgan fingerprint density at radius 3 is 2.67 bits per heavy atom. The van der Waals surface area contributed by atoms with Crippen LogP contribution in [-0.4, -0.2) is 5.71 Å². The van der Waals surface area contributed by atoms with Crippen molar-refractivity contribution in [1.29, 1.82) is 5.41 Å². The number of hydrogen-bond acceptors (Lipinski definition) is 1. The first kappa shape index (κ1) is 8.03. The van der Waals surface area contributed by atoms with Crippen LogP contribution in [0, 0.1) is 23.2 Å². The second-order valence-electron chi connectivity index (χ2n) is 4.50. The van der Waals surface area contributed by atoms with Crippen molar-refractivity contribution < 1.29 is 0 Å². The van der Waals surface area contributed by atoms with Crippen LogP contribution in [-0.2, 0) is 0 Å². The molecule has 1 heteroatoms. The third kappa shape index (κ3) is 1.21. The molecule has 2 atom stereocenters. The minimum absolute atomic E-state index is 0.517. The number of rotatable bonds is 0. The molecular formula is C11H17N. The average Bonchev–Trinajstić information content (AvgIpc) is 1.92. The van der Waals surface area contributed by atoms with Gasteiger partial charge in [-0.05, 0) is 31.1 Å². The molecule has 0 aliphatic heterocycles. The Bertz CT molecular complexity index is 231. The minimum atomic E-state index is 0.517. The van der Waals surface area contributed by atoms with E-state index in [0.717, 1.165) is 5.71 Å². The van der Waals surface area contributed by atoms with E-state index in [1.165, 1.54) is 19.3 Å². The molecule has 2 unspecified atom stereocenters. The van der Waals surface area contributed by atoms with Crippen LogP contribution in [0.25, 0.3) is 0 Å². The molecule has 12 heavy (non-hydrogen) atoms. The Morgan fingerprint density at radius 2 is 2.00 bits per heavy atom. The van der Waals surface area contributed by atoms with Gasteiger partial charge in [-0.3, -0.25) is 0 Å². The Kier molecular flexibility index (Phi) is 1.82. The fourth-order valence-corrected chi connectivity index (χ4v) is 2.49. The summed E-state index contributed by atoms with van der Waals surface area (Å²) in [6, 6.07) is 0. The lowest BCUT2D eigenvalue weighted by Crippen LogP contribution is -2.31. The summed E-state index contributed by atoms with van der Waals surface area (Å²) in [5.41, 5.74) is 2.61. The molecule has 0 spiro atoms. The first-order chi connectivity index (χ1) is 5.66. The Labute approximate surface area is 74.4 Å². The maximum atomic E-state index is 7.94. The predicted octanol–water partition coefficient (Wildman–Crippen LogP) is 3.02. The monoisotopic (exact) mass is 163 g/mol. The Hall–Kier alpha value is -0.590. The molecule has 3 aliphatic carbocycles. The van der Waals surface area contributed by atoms with Gasteiger partial charge < -0.3 is 5.41 Å². The number of hydrogen-bond donors (Lipinski definition) is 1. The summed E-state index contributed by atoms with van der Waals surface area (Å²) in [7, 11) is 0.